The minimum Gasteiger partial charge on any atom is -0.454 e. The third kappa shape index (κ3) is 3.35. The average molecular weight is 352 g/mol. The van der Waals surface area contributed by atoms with Gasteiger partial charge in [-0.25, -0.2) is 0 Å². The van der Waals surface area contributed by atoms with Crippen LogP contribution in [0.5, 0.6) is 11.5 Å². The topological polar surface area (TPSA) is 76.7 Å². The monoisotopic (exact) mass is 352 g/mol. The summed E-state index contributed by atoms with van der Waals surface area (Å²) in [6.45, 7) is 4.17. The first kappa shape index (κ1) is 16.4. The third-order valence-corrected chi connectivity index (χ3v) is 4.59. The Hall–Kier alpha value is -3.02. The summed E-state index contributed by atoms with van der Waals surface area (Å²) in [5.74, 6) is 0.435. The summed E-state index contributed by atoms with van der Waals surface area (Å²) in [4.78, 5) is 24.8. The minimum absolute atomic E-state index is 0.110. The molecule has 6 heteroatoms. The molecule has 4 rings (SSSR count). The number of benzene rings is 2. The zero-order chi connectivity index (χ0) is 18.3. The number of fused-ring (bicyclic) bond motifs is 1. The predicted octanol–water partition coefficient (Wildman–Crippen LogP) is 3.25. The van der Waals surface area contributed by atoms with Crippen LogP contribution < -0.4 is 20.1 Å². The van der Waals surface area contributed by atoms with Crippen molar-refractivity contribution in [3.05, 3.63) is 47.5 Å². The van der Waals surface area contributed by atoms with Crippen LogP contribution in [-0.4, -0.2) is 18.6 Å². The first-order valence-corrected chi connectivity index (χ1v) is 8.59. The van der Waals surface area contributed by atoms with Gasteiger partial charge in [0.1, 0.15) is 0 Å². The van der Waals surface area contributed by atoms with Gasteiger partial charge in [0.05, 0.1) is 11.8 Å². The Morgan fingerprint density at radius 2 is 1.46 bits per heavy atom. The van der Waals surface area contributed by atoms with Crippen LogP contribution in [0, 0.1) is 25.7 Å². The number of rotatable bonds is 4. The van der Waals surface area contributed by atoms with Gasteiger partial charge in [-0.2, -0.15) is 0 Å². The number of anilines is 2. The summed E-state index contributed by atoms with van der Waals surface area (Å²) < 4.78 is 10.6. The van der Waals surface area contributed by atoms with E-state index in [9.17, 15) is 9.59 Å². The molecular formula is C20H20N2O4. The molecule has 1 aliphatic carbocycles. The Kier molecular flexibility index (Phi) is 4.03. The van der Waals surface area contributed by atoms with Gasteiger partial charge in [0, 0.05) is 17.4 Å². The Morgan fingerprint density at radius 3 is 2.15 bits per heavy atom. The van der Waals surface area contributed by atoms with Crippen molar-refractivity contribution in [2.45, 2.75) is 20.3 Å². The molecule has 0 saturated heterocycles. The summed E-state index contributed by atoms with van der Waals surface area (Å²) in [6, 6.07) is 11.2. The molecule has 0 bridgehead atoms. The van der Waals surface area contributed by atoms with Crippen LogP contribution in [0.3, 0.4) is 0 Å². The van der Waals surface area contributed by atoms with Gasteiger partial charge in [-0.05, 0) is 55.7 Å². The molecule has 6 nitrogen and oxygen atoms in total. The smallest absolute Gasteiger partial charge is 0.231 e. The molecule has 1 heterocycles. The second-order valence-electron chi connectivity index (χ2n) is 6.87. The first-order valence-electron chi connectivity index (χ1n) is 8.59. The van der Waals surface area contributed by atoms with Crippen molar-refractivity contribution in [1.29, 1.82) is 0 Å². The van der Waals surface area contributed by atoms with E-state index in [4.69, 9.17) is 9.47 Å². The van der Waals surface area contributed by atoms with Crippen molar-refractivity contribution in [2.24, 2.45) is 11.8 Å². The summed E-state index contributed by atoms with van der Waals surface area (Å²) in [7, 11) is 0. The standard InChI is InChI=1S/C20H20N2O4/c1-11-5-12(2)7-14(6-11)22-20(24)16-9-15(16)19(23)21-13-3-4-17-18(8-13)26-10-25-17/h3-8,15-16H,9-10H2,1-2H3,(H,21,23)(H,22,24). The number of hydrogen-bond acceptors (Lipinski definition) is 4. The summed E-state index contributed by atoms with van der Waals surface area (Å²) in [6.07, 6.45) is 0.563. The van der Waals surface area contributed by atoms with Gasteiger partial charge in [0.25, 0.3) is 0 Å². The van der Waals surface area contributed by atoms with Crippen LogP contribution in [0.2, 0.25) is 0 Å². The summed E-state index contributed by atoms with van der Waals surface area (Å²) >= 11 is 0. The molecule has 2 atom stereocenters. The number of carbonyl (C=O) groups excluding carboxylic acids is 2. The van der Waals surface area contributed by atoms with E-state index in [1.54, 1.807) is 18.2 Å². The van der Waals surface area contributed by atoms with Crippen LogP contribution in [0.25, 0.3) is 0 Å². The fourth-order valence-corrected chi connectivity index (χ4v) is 3.27. The molecule has 2 aromatic carbocycles. The molecule has 2 aliphatic rings. The van der Waals surface area contributed by atoms with Crippen LogP contribution in [0.15, 0.2) is 36.4 Å². The number of hydrogen-bond donors (Lipinski definition) is 2. The molecular weight excluding hydrogens is 332 g/mol. The lowest BCUT2D eigenvalue weighted by Crippen LogP contribution is -2.20. The fourth-order valence-electron chi connectivity index (χ4n) is 3.27. The van der Waals surface area contributed by atoms with E-state index >= 15 is 0 Å². The number of carbonyl (C=O) groups is 2. The Bertz CT molecular complexity index is 873. The van der Waals surface area contributed by atoms with E-state index in [-0.39, 0.29) is 30.4 Å². The zero-order valence-corrected chi connectivity index (χ0v) is 14.7. The van der Waals surface area contributed by atoms with Gasteiger partial charge in [-0.1, -0.05) is 6.07 Å². The highest BCUT2D eigenvalue weighted by Crippen LogP contribution is 2.41. The molecule has 1 saturated carbocycles. The van der Waals surface area contributed by atoms with Gasteiger partial charge in [-0.3, -0.25) is 9.59 Å². The van der Waals surface area contributed by atoms with E-state index in [2.05, 4.69) is 10.6 Å². The maximum atomic E-state index is 12.4. The number of aryl methyl sites for hydroxylation is 2. The van der Waals surface area contributed by atoms with Crippen molar-refractivity contribution in [1.82, 2.24) is 0 Å². The molecule has 26 heavy (non-hydrogen) atoms. The molecule has 0 spiro atoms. The molecule has 1 fully saturated rings. The van der Waals surface area contributed by atoms with Crippen molar-refractivity contribution < 1.29 is 19.1 Å². The maximum Gasteiger partial charge on any atom is 0.231 e. The van der Waals surface area contributed by atoms with E-state index in [1.165, 1.54) is 0 Å². The van der Waals surface area contributed by atoms with Gasteiger partial charge >= 0.3 is 0 Å². The lowest BCUT2D eigenvalue weighted by atomic mass is 10.1. The molecule has 134 valence electrons. The van der Waals surface area contributed by atoms with Gasteiger partial charge in [0.2, 0.25) is 18.6 Å². The highest BCUT2D eigenvalue weighted by Gasteiger charge is 2.48. The first-order chi connectivity index (χ1) is 12.5. The average Bonchev–Trinajstić information content (AvgIpc) is 3.25. The molecule has 1 aliphatic heterocycles. The molecule has 2 aromatic rings. The predicted molar refractivity (Wildman–Crippen MR) is 97.3 cm³/mol. The van der Waals surface area contributed by atoms with Crippen LogP contribution in [-0.2, 0) is 9.59 Å². The van der Waals surface area contributed by atoms with E-state index < -0.39 is 0 Å². The quantitative estimate of drug-likeness (QED) is 0.886. The number of nitrogens with one attached hydrogen (secondary N) is 2. The highest BCUT2D eigenvalue weighted by molar-refractivity contribution is 6.03. The highest BCUT2D eigenvalue weighted by atomic mass is 16.7. The van der Waals surface area contributed by atoms with Crippen LogP contribution in [0.4, 0.5) is 11.4 Å². The fraction of sp³-hybridized carbons (Fsp3) is 0.300. The van der Waals surface area contributed by atoms with Crippen LogP contribution >= 0.6 is 0 Å². The second kappa shape index (κ2) is 6.37. The number of ether oxygens (including phenoxy) is 2. The summed E-state index contributed by atoms with van der Waals surface area (Å²) in [5.41, 5.74) is 3.59. The van der Waals surface area contributed by atoms with Crippen molar-refractivity contribution >= 4 is 23.2 Å². The normalized spacial score (nSPS) is 19.8. The lowest BCUT2D eigenvalue weighted by Gasteiger charge is -2.08. The van der Waals surface area contributed by atoms with Gasteiger partial charge in [-0.15, -0.1) is 0 Å². The van der Waals surface area contributed by atoms with Gasteiger partial charge in [0.15, 0.2) is 11.5 Å². The van der Waals surface area contributed by atoms with E-state index in [0.29, 0.717) is 23.6 Å². The molecule has 2 N–H and O–H groups in total. The van der Waals surface area contributed by atoms with E-state index in [0.717, 1.165) is 16.8 Å². The van der Waals surface area contributed by atoms with E-state index in [1.807, 2.05) is 32.0 Å². The van der Waals surface area contributed by atoms with Crippen molar-refractivity contribution in [3.8, 4) is 11.5 Å². The van der Waals surface area contributed by atoms with Crippen LogP contribution in [0.1, 0.15) is 17.5 Å². The molecule has 0 radical (unpaired) electrons. The molecule has 0 aromatic heterocycles. The minimum atomic E-state index is -0.300. The Labute approximate surface area is 151 Å². The third-order valence-electron chi connectivity index (χ3n) is 4.59. The maximum absolute atomic E-state index is 12.4. The molecule has 2 amide bonds. The molecule has 2 unspecified atom stereocenters. The SMILES string of the molecule is Cc1cc(C)cc(NC(=O)C2CC2C(=O)Nc2ccc3c(c2)OCO3)c1. The Balaban J connectivity index is 1.35. The summed E-state index contributed by atoms with van der Waals surface area (Å²) in [5, 5.41) is 5.76. The Morgan fingerprint density at radius 1 is 0.846 bits per heavy atom. The largest absolute Gasteiger partial charge is 0.454 e. The van der Waals surface area contributed by atoms with Gasteiger partial charge < -0.3 is 20.1 Å². The zero-order valence-electron chi connectivity index (χ0n) is 14.7. The lowest BCUT2D eigenvalue weighted by molar-refractivity contribution is -0.122. The second-order valence-corrected chi connectivity index (χ2v) is 6.87. The van der Waals surface area contributed by atoms with Crippen molar-refractivity contribution in [3.63, 3.8) is 0 Å². The number of amides is 2. The van der Waals surface area contributed by atoms with Crippen molar-refractivity contribution in [2.75, 3.05) is 17.4 Å².